The van der Waals surface area contributed by atoms with Crippen molar-refractivity contribution in [3.63, 3.8) is 0 Å². The lowest BCUT2D eigenvalue weighted by molar-refractivity contribution is -0.137. The molecule has 0 saturated heterocycles. The van der Waals surface area contributed by atoms with Gasteiger partial charge in [0, 0.05) is 12.5 Å². The van der Waals surface area contributed by atoms with E-state index in [1.807, 2.05) is 18.2 Å². The molecule has 0 bridgehead atoms. The van der Waals surface area contributed by atoms with Crippen LogP contribution in [0.1, 0.15) is 44.2 Å². The molecule has 0 aliphatic rings. The Morgan fingerprint density at radius 1 is 1.24 bits per heavy atom. The predicted molar refractivity (Wildman–Crippen MR) is 69.0 cm³/mol. The van der Waals surface area contributed by atoms with Crippen molar-refractivity contribution < 1.29 is 9.90 Å². The molecule has 1 aromatic rings. The van der Waals surface area contributed by atoms with E-state index in [0.717, 1.165) is 25.8 Å². The fourth-order valence-corrected chi connectivity index (χ4v) is 1.76. The fourth-order valence-electron chi connectivity index (χ4n) is 1.76. The van der Waals surface area contributed by atoms with Crippen LogP contribution in [0.5, 0.6) is 0 Å². The summed E-state index contributed by atoms with van der Waals surface area (Å²) in [6.45, 7) is 3.09. The monoisotopic (exact) mass is 235 g/mol. The topological polar surface area (TPSA) is 49.3 Å². The molecule has 1 atom stereocenters. The molecule has 0 aliphatic carbocycles. The maximum absolute atomic E-state index is 10.3. The van der Waals surface area contributed by atoms with Crippen LogP contribution >= 0.6 is 0 Å². The van der Waals surface area contributed by atoms with E-state index >= 15 is 0 Å². The zero-order valence-electron chi connectivity index (χ0n) is 10.4. The summed E-state index contributed by atoms with van der Waals surface area (Å²) in [7, 11) is 0. The lowest BCUT2D eigenvalue weighted by Gasteiger charge is -2.13. The largest absolute Gasteiger partial charge is 0.481 e. The third-order valence-corrected chi connectivity index (χ3v) is 2.82. The second-order valence-corrected chi connectivity index (χ2v) is 4.29. The third kappa shape index (κ3) is 6.07. The van der Waals surface area contributed by atoms with Crippen molar-refractivity contribution in [2.24, 2.45) is 0 Å². The maximum atomic E-state index is 10.3. The summed E-state index contributed by atoms with van der Waals surface area (Å²) in [5.41, 5.74) is 1.29. The van der Waals surface area contributed by atoms with Gasteiger partial charge in [0.1, 0.15) is 0 Å². The van der Waals surface area contributed by atoms with E-state index in [4.69, 9.17) is 5.11 Å². The summed E-state index contributed by atoms with van der Waals surface area (Å²) in [4.78, 5) is 10.3. The Kier molecular flexibility index (Phi) is 6.33. The summed E-state index contributed by atoms with van der Waals surface area (Å²) < 4.78 is 0. The van der Waals surface area contributed by atoms with Crippen molar-refractivity contribution in [1.29, 1.82) is 0 Å². The molecule has 0 spiro atoms. The molecule has 2 N–H and O–H groups in total. The number of carbonyl (C=O) groups is 1. The fraction of sp³-hybridized carbons (Fsp3) is 0.500. The average Bonchev–Trinajstić information content (AvgIpc) is 2.34. The van der Waals surface area contributed by atoms with Gasteiger partial charge in [0.25, 0.3) is 0 Å². The smallest absolute Gasteiger partial charge is 0.303 e. The lowest BCUT2D eigenvalue weighted by Crippen LogP contribution is -2.19. The Balaban J connectivity index is 2.09. The maximum Gasteiger partial charge on any atom is 0.303 e. The van der Waals surface area contributed by atoms with Gasteiger partial charge in [-0.1, -0.05) is 36.8 Å². The molecule has 0 amide bonds. The molecule has 1 unspecified atom stereocenters. The number of unbranched alkanes of at least 4 members (excludes halogenated alkanes) is 2. The van der Waals surface area contributed by atoms with Crippen molar-refractivity contribution in [2.75, 3.05) is 6.54 Å². The quantitative estimate of drug-likeness (QED) is 0.681. The van der Waals surface area contributed by atoms with Gasteiger partial charge in [-0.15, -0.1) is 0 Å². The van der Waals surface area contributed by atoms with Crippen LogP contribution in [-0.4, -0.2) is 17.6 Å². The molecule has 0 aromatic heterocycles. The highest BCUT2D eigenvalue weighted by molar-refractivity contribution is 5.66. The van der Waals surface area contributed by atoms with Crippen LogP contribution in [0.25, 0.3) is 0 Å². The van der Waals surface area contributed by atoms with E-state index in [9.17, 15) is 4.79 Å². The first-order valence-electron chi connectivity index (χ1n) is 6.20. The van der Waals surface area contributed by atoms with Crippen molar-refractivity contribution >= 4 is 5.97 Å². The number of hydrogen-bond donors (Lipinski definition) is 2. The number of benzene rings is 1. The summed E-state index contributed by atoms with van der Waals surface area (Å²) in [5, 5.41) is 11.9. The van der Waals surface area contributed by atoms with Crippen LogP contribution in [0.4, 0.5) is 0 Å². The lowest BCUT2D eigenvalue weighted by atomic mass is 10.1. The van der Waals surface area contributed by atoms with Gasteiger partial charge in [-0.3, -0.25) is 4.79 Å². The van der Waals surface area contributed by atoms with Crippen molar-refractivity contribution in [2.45, 2.75) is 38.6 Å². The summed E-state index contributed by atoms with van der Waals surface area (Å²) in [5.74, 6) is -0.699. The van der Waals surface area contributed by atoms with E-state index < -0.39 is 5.97 Å². The van der Waals surface area contributed by atoms with Gasteiger partial charge >= 0.3 is 5.97 Å². The molecular formula is C14H21NO2. The molecule has 1 aromatic carbocycles. The van der Waals surface area contributed by atoms with Crippen molar-refractivity contribution in [3.05, 3.63) is 35.9 Å². The van der Waals surface area contributed by atoms with Gasteiger partial charge in [-0.2, -0.15) is 0 Å². The highest BCUT2D eigenvalue weighted by Gasteiger charge is 2.02. The van der Waals surface area contributed by atoms with E-state index in [-0.39, 0.29) is 6.42 Å². The Hall–Kier alpha value is -1.35. The molecule has 17 heavy (non-hydrogen) atoms. The first-order valence-corrected chi connectivity index (χ1v) is 6.20. The normalized spacial score (nSPS) is 12.3. The van der Waals surface area contributed by atoms with E-state index in [2.05, 4.69) is 24.4 Å². The first kappa shape index (κ1) is 13.7. The molecular weight excluding hydrogens is 214 g/mol. The van der Waals surface area contributed by atoms with Crippen molar-refractivity contribution in [3.8, 4) is 0 Å². The highest BCUT2D eigenvalue weighted by Crippen LogP contribution is 2.11. The zero-order chi connectivity index (χ0) is 12.5. The van der Waals surface area contributed by atoms with Crippen LogP contribution in [0.15, 0.2) is 30.3 Å². The van der Waals surface area contributed by atoms with Gasteiger partial charge in [0.05, 0.1) is 0 Å². The molecule has 3 nitrogen and oxygen atoms in total. The molecule has 94 valence electrons. The van der Waals surface area contributed by atoms with Crippen LogP contribution in [0.3, 0.4) is 0 Å². The zero-order valence-corrected chi connectivity index (χ0v) is 10.4. The molecule has 0 fully saturated rings. The Bertz CT molecular complexity index is 324. The number of carboxylic acid groups (broad SMARTS) is 1. The summed E-state index contributed by atoms with van der Waals surface area (Å²) >= 11 is 0. The number of rotatable bonds is 8. The van der Waals surface area contributed by atoms with E-state index in [1.54, 1.807) is 0 Å². The molecule has 0 aliphatic heterocycles. The molecule has 1 rings (SSSR count). The average molecular weight is 235 g/mol. The SMILES string of the molecule is CC(NCCCCCC(=O)O)c1ccccc1. The number of carboxylic acids is 1. The van der Waals surface area contributed by atoms with Gasteiger partial charge < -0.3 is 10.4 Å². The molecule has 0 radical (unpaired) electrons. The second-order valence-electron chi connectivity index (χ2n) is 4.29. The molecule has 0 saturated carbocycles. The Morgan fingerprint density at radius 3 is 2.59 bits per heavy atom. The predicted octanol–water partition coefficient (Wildman–Crippen LogP) is 2.98. The minimum absolute atomic E-state index is 0.286. The number of aliphatic carboxylic acids is 1. The van der Waals surface area contributed by atoms with Gasteiger partial charge in [0.2, 0.25) is 0 Å². The summed E-state index contributed by atoms with van der Waals surface area (Å²) in [6, 6.07) is 10.7. The first-order chi connectivity index (χ1) is 8.20. The van der Waals surface area contributed by atoms with Crippen LogP contribution < -0.4 is 5.32 Å². The number of hydrogen-bond acceptors (Lipinski definition) is 2. The second kappa shape index (κ2) is 7.85. The van der Waals surface area contributed by atoms with Gasteiger partial charge in [-0.05, 0) is 31.9 Å². The minimum Gasteiger partial charge on any atom is -0.481 e. The Labute approximate surface area is 103 Å². The minimum atomic E-state index is -0.699. The molecule has 3 heteroatoms. The standard InChI is InChI=1S/C14H21NO2/c1-12(13-8-4-2-5-9-13)15-11-7-3-6-10-14(16)17/h2,4-5,8-9,12,15H,3,6-7,10-11H2,1H3,(H,16,17). The van der Waals surface area contributed by atoms with Crippen LogP contribution in [0, 0.1) is 0 Å². The highest BCUT2D eigenvalue weighted by atomic mass is 16.4. The van der Waals surface area contributed by atoms with Gasteiger partial charge in [0.15, 0.2) is 0 Å². The summed E-state index contributed by atoms with van der Waals surface area (Å²) in [6.07, 6.45) is 3.07. The van der Waals surface area contributed by atoms with Gasteiger partial charge in [-0.25, -0.2) is 0 Å². The van der Waals surface area contributed by atoms with E-state index in [1.165, 1.54) is 5.56 Å². The van der Waals surface area contributed by atoms with E-state index in [0.29, 0.717) is 6.04 Å². The van der Waals surface area contributed by atoms with Crippen LogP contribution in [0.2, 0.25) is 0 Å². The third-order valence-electron chi connectivity index (χ3n) is 2.82. The van der Waals surface area contributed by atoms with Crippen molar-refractivity contribution in [1.82, 2.24) is 5.32 Å². The Morgan fingerprint density at radius 2 is 1.94 bits per heavy atom. The van der Waals surface area contributed by atoms with Crippen LogP contribution in [-0.2, 0) is 4.79 Å². The number of nitrogens with one attached hydrogen (secondary N) is 1. The molecule has 0 heterocycles.